The summed E-state index contributed by atoms with van der Waals surface area (Å²) < 4.78 is 5.41. The van der Waals surface area contributed by atoms with E-state index in [9.17, 15) is 9.90 Å². The molecule has 6 heteroatoms. The fourth-order valence-corrected chi connectivity index (χ4v) is 6.76. The predicted molar refractivity (Wildman–Crippen MR) is 108 cm³/mol. The standard InChI is InChI=1S/C22H35N3O3/c1-14-5-6-19-18(12-24-25-23)20(8-10-21(14,19)3)22(4)9-7-17(27)11-16(22)13-28-15(2)26/h16-20,27H,1,5-13H2,2-4H3/t16-,17+,18+,19?,20?,21-,22+/m1/s1. The van der Waals surface area contributed by atoms with E-state index < -0.39 is 0 Å². The second-order valence-corrected chi connectivity index (χ2v) is 9.82. The van der Waals surface area contributed by atoms with Crippen molar-refractivity contribution < 1.29 is 14.6 Å². The van der Waals surface area contributed by atoms with Crippen molar-refractivity contribution in [3.05, 3.63) is 22.6 Å². The van der Waals surface area contributed by atoms with Crippen LogP contribution in [-0.2, 0) is 9.53 Å². The minimum atomic E-state index is -0.329. The Morgan fingerprint density at radius 1 is 1.32 bits per heavy atom. The monoisotopic (exact) mass is 389 g/mol. The first kappa shape index (κ1) is 21.2. The first-order valence-electron chi connectivity index (χ1n) is 10.7. The Balaban J connectivity index is 1.92. The van der Waals surface area contributed by atoms with Gasteiger partial charge >= 0.3 is 5.97 Å². The molecule has 0 saturated heterocycles. The van der Waals surface area contributed by atoms with Crippen molar-refractivity contribution in [2.24, 2.45) is 39.6 Å². The van der Waals surface area contributed by atoms with Gasteiger partial charge < -0.3 is 9.84 Å². The molecule has 0 aromatic heterocycles. The molecule has 156 valence electrons. The SMILES string of the molecule is C=C1CCC2[C@H](CN=[N+]=[N-])C([C@@]3(C)CC[C@H](O)C[C@@H]3COC(C)=O)CC[C@]12C. The smallest absolute Gasteiger partial charge is 0.302 e. The Kier molecular flexibility index (Phi) is 6.11. The third kappa shape index (κ3) is 3.69. The van der Waals surface area contributed by atoms with E-state index in [0.29, 0.717) is 37.3 Å². The summed E-state index contributed by atoms with van der Waals surface area (Å²) in [6.45, 7) is 11.3. The van der Waals surface area contributed by atoms with E-state index in [1.807, 2.05) is 0 Å². The van der Waals surface area contributed by atoms with Crippen LogP contribution in [0.25, 0.3) is 10.4 Å². The van der Waals surface area contributed by atoms with Crippen LogP contribution in [0.1, 0.15) is 65.7 Å². The normalized spacial score (nSPS) is 43.1. The van der Waals surface area contributed by atoms with Gasteiger partial charge in [-0.3, -0.25) is 4.79 Å². The average Bonchev–Trinajstić information content (AvgIpc) is 2.95. The molecule has 3 saturated carbocycles. The molecule has 2 unspecified atom stereocenters. The highest BCUT2D eigenvalue weighted by Gasteiger charge is 2.56. The predicted octanol–water partition coefficient (Wildman–Crippen LogP) is 5.03. The van der Waals surface area contributed by atoms with Crippen LogP contribution in [0.3, 0.4) is 0 Å². The number of allylic oxidation sites excluding steroid dienone is 1. The van der Waals surface area contributed by atoms with Crippen molar-refractivity contribution in [2.45, 2.75) is 71.8 Å². The number of azide groups is 1. The summed E-state index contributed by atoms with van der Waals surface area (Å²) in [7, 11) is 0. The summed E-state index contributed by atoms with van der Waals surface area (Å²) in [5.74, 6) is 1.07. The van der Waals surface area contributed by atoms with Gasteiger partial charge in [0, 0.05) is 24.3 Å². The van der Waals surface area contributed by atoms with Crippen molar-refractivity contribution >= 4 is 5.97 Å². The van der Waals surface area contributed by atoms with E-state index in [1.165, 1.54) is 12.5 Å². The zero-order chi connectivity index (χ0) is 20.5. The molecule has 0 spiro atoms. The van der Waals surface area contributed by atoms with Crippen LogP contribution in [-0.4, -0.2) is 30.3 Å². The van der Waals surface area contributed by atoms with Crippen LogP contribution >= 0.6 is 0 Å². The number of nitrogens with zero attached hydrogens (tertiary/aromatic N) is 3. The lowest BCUT2D eigenvalue weighted by Gasteiger charge is -2.56. The summed E-state index contributed by atoms with van der Waals surface area (Å²) in [5.41, 5.74) is 10.5. The first-order valence-corrected chi connectivity index (χ1v) is 10.7. The second-order valence-electron chi connectivity index (χ2n) is 9.82. The van der Waals surface area contributed by atoms with Crippen LogP contribution in [0.15, 0.2) is 17.3 Å². The Morgan fingerprint density at radius 3 is 2.75 bits per heavy atom. The van der Waals surface area contributed by atoms with Gasteiger partial charge in [-0.25, -0.2) is 0 Å². The van der Waals surface area contributed by atoms with E-state index >= 15 is 0 Å². The maximum Gasteiger partial charge on any atom is 0.302 e. The minimum Gasteiger partial charge on any atom is -0.466 e. The zero-order valence-corrected chi connectivity index (χ0v) is 17.6. The molecule has 3 aliphatic rings. The Labute approximate surface area is 168 Å². The molecule has 0 radical (unpaired) electrons. The number of esters is 1. The number of hydrogen-bond donors (Lipinski definition) is 1. The van der Waals surface area contributed by atoms with Gasteiger partial charge in [-0.2, -0.15) is 0 Å². The Hall–Kier alpha value is -1.52. The zero-order valence-electron chi connectivity index (χ0n) is 17.6. The van der Waals surface area contributed by atoms with Gasteiger partial charge in [0.25, 0.3) is 0 Å². The molecule has 0 heterocycles. The molecule has 28 heavy (non-hydrogen) atoms. The van der Waals surface area contributed by atoms with Crippen molar-refractivity contribution in [2.75, 3.05) is 13.2 Å². The van der Waals surface area contributed by atoms with E-state index in [0.717, 1.165) is 38.5 Å². The molecular weight excluding hydrogens is 354 g/mol. The molecule has 0 amide bonds. The van der Waals surface area contributed by atoms with Crippen LogP contribution in [0.5, 0.6) is 0 Å². The largest absolute Gasteiger partial charge is 0.466 e. The van der Waals surface area contributed by atoms with Gasteiger partial charge in [-0.1, -0.05) is 31.1 Å². The van der Waals surface area contributed by atoms with Gasteiger partial charge in [-0.15, -0.1) is 0 Å². The molecular formula is C22H35N3O3. The van der Waals surface area contributed by atoms with Gasteiger partial charge in [-0.05, 0) is 79.1 Å². The van der Waals surface area contributed by atoms with Crippen LogP contribution in [0.4, 0.5) is 0 Å². The lowest BCUT2D eigenvalue weighted by molar-refractivity contribution is -0.149. The number of ether oxygens (including phenoxy) is 1. The third-order valence-corrected chi connectivity index (χ3v) is 8.59. The minimum absolute atomic E-state index is 0.0322. The fraction of sp³-hybridized carbons (Fsp3) is 0.864. The highest BCUT2D eigenvalue weighted by molar-refractivity contribution is 5.65. The third-order valence-electron chi connectivity index (χ3n) is 8.59. The second kappa shape index (κ2) is 8.08. The maximum absolute atomic E-state index is 11.4. The molecule has 3 aliphatic carbocycles. The lowest BCUT2D eigenvalue weighted by atomic mass is 9.49. The summed E-state index contributed by atoms with van der Waals surface area (Å²) in [5, 5.41) is 14.3. The maximum atomic E-state index is 11.4. The van der Waals surface area contributed by atoms with Gasteiger partial charge in [0.1, 0.15) is 0 Å². The topological polar surface area (TPSA) is 95.3 Å². The molecule has 0 aromatic carbocycles. The van der Waals surface area contributed by atoms with E-state index in [4.69, 9.17) is 10.3 Å². The highest BCUT2D eigenvalue weighted by Crippen LogP contribution is 2.63. The van der Waals surface area contributed by atoms with E-state index in [2.05, 4.69) is 30.5 Å². The molecule has 0 aromatic rings. The summed E-state index contributed by atoms with van der Waals surface area (Å²) in [4.78, 5) is 14.5. The number of hydrogen-bond acceptors (Lipinski definition) is 4. The van der Waals surface area contributed by atoms with Crippen molar-refractivity contribution in [1.29, 1.82) is 0 Å². The van der Waals surface area contributed by atoms with Crippen molar-refractivity contribution in [3.8, 4) is 0 Å². The number of carbonyl (C=O) groups excluding carboxylic acids is 1. The summed E-state index contributed by atoms with van der Waals surface area (Å²) >= 11 is 0. The molecule has 1 N–H and O–H groups in total. The average molecular weight is 390 g/mol. The van der Waals surface area contributed by atoms with Crippen LogP contribution in [0.2, 0.25) is 0 Å². The molecule has 7 atom stereocenters. The van der Waals surface area contributed by atoms with E-state index in [-0.39, 0.29) is 28.8 Å². The number of carbonyl (C=O) groups is 1. The van der Waals surface area contributed by atoms with E-state index in [1.54, 1.807) is 0 Å². The summed E-state index contributed by atoms with van der Waals surface area (Å²) in [6, 6.07) is 0. The summed E-state index contributed by atoms with van der Waals surface area (Å²) in [6.07, 6.45) is 6.41. The molecule has 0 aliphatic heterocycles. The molecule has 6 nitrogen and oxygen atoms in total. The van der Waals surface area contributed by atoms with Crippen molar-refractivity contribution in [1.82, 2.24) is 0 Å². The Bertz CT molecular complexity index is 674. The van der Waals surface area contributed by atoms with Gasteiger partial charge in [0.05, 0.1) is 12.7 Å². The molecule has 3 rings (SSSR count). The van der Waals surface area contributed by atoms with Crippen LogP contribution < -0.4 is 0 Å². The number of fused-ring (bicyclic) bond motifs is 1. The van der Waals surface area contributed by atoms with Crippen molar-refractivity contribution in [3.63, 3.8) is 0 Å². The van der Waals surface area contributed by atoms with Gasteiger partial charge in [0.2, 0.25) is 0 Å². The number of rotatable bonds is 5. The lowest BCUT2D eigenvalue weighted by Crippen LogP contribution is -2.52. The van der Waals surface area contributed by atoms with Gasteiger partial charge in [0.15, 0.2) is 0 Å². The molecule has 3 fully saturated rings. The molecule has 0 bridgehead atoms. The Morgan fingerprint density at radius 2 is 2.07 bits per heavy atom. The quantitative estimate of drug-likeness (QED) is 0.235. The first-order chi connectivity index (χ1) is 13.2. The number of aliphatic hydroxyl groups is 1. The number of aliphatic hydroxyl groups excluding tert-OH is 1. The fourth-order valence-electron chi connectivity index (χ4n) is 6.76. The highest BCUT2D eigenvalue weighted by atomic mass is 16.5. The van der Waals surface area contributed by atoms with Crippen LogP contribution in [0, 0.1) is 34.5 Å².